The van der Waals surface area contributed by atoms with Crippen LogP contribution < -0.4 is 9.47 Å². The molecule has 0 spiro atoms. The van der Waals surface area contributed by atoms with Crippen LogP contribution in [-0.2, 0) is 11.2 Å². The maximum Gasteiger partial charge on any atom is 0.222 e. The first-order chi connectivity index (χ1) is 14.6. The molecule has 0 bridgehead atoms. The molecule has 0 atom stereocenters. The molecule has 0 aromatic heterocycles. The van der Waals surface area contributed by atoms with E-state index >= 15 is 0 Å². The van der Waals surface area contributed by atoms with Crippen LogP contribution in [0, 0.1) is 0 Å². The summed E-state index contributed by atoms with van der Waals surface area (Å²) in [6.07, 6.45) is 6.70. The monoisotopic (exact) mass is 409 g/mol. The van der Waals surface area contributed by atoms with Gasteiger partial charge in [-0.15, -0.1) is 0 Å². The van der Waals surface area contributed by atoms with E-state index in [-0.39, 0.29) is 5.91 Å². The number of nitrogens with zero attached hydrogens (tertiary/aromatic N) is 1. The van der Waals surface area contributed by atoms with E-state index in [0.29, 0.717) is 19.5 Å². The maximum atomic E-state index is 12.9. The molecule has 0 aliphatic rings. The zero-order valence-corrected chi connectivity index (χ0v) is 18.8. The predicted molar refractivity (Wildman–Crippen MR) is 124 cm³/mol. The van der Waals surface area contributed by atoms with E-state index in [1.165, 1.54) is 5.57 Å². The fourth-order valence-corrected chi connectivity index (χ4v) is 3.46. The minimum absolute atomic E-state index is 0.227. The lowest BCUT2D eigenvalue weighted by molar-refractivity contribution is -0.130. The molecule has 162 valence electrons. The first-order valence-electron chi connectivity index (χ1n) is 10.8. The average Bonchev–Trinajstić information content (AvgIpc) is 2.77. The van der Waals surface area contributed by atoms with Gasteiger partial charge in [0.2, 0.25) is 5.91 Å². The van der Waals surface area contributed by atoms with Gasteiger partial charge in [0, 0.05) is 19.5 Å². The van der Waals surface area contributed by atoms with Gasteiger partial charge in [0.1, 0.15) is 0 Å². The highest BCUT2D eigenvalue weighted by Gasteiger charge is 2.14. The summed E-state index contributed by atoms with van der Waals surface area (Å²) in [5, 5.41) is 0. The van der Waals surface area contributed by atoms with Crippen LogP contribution in [0.2, 0.25) is 0 Å². The normalized spacial score (nSPS) is 11.3. The second-order valence-corrected chi connectivity index (χ2v) is 7.61. The van der Waals surface area contributed by atoms with Crippen LogP contribution >= 0.6 is 0 Å². The van der Waals surface area contributed by atoms with Gasteiger partial charge >= 0.3 is 0 Å². The third kappa shape index (κ3) is 7.58. The number of unbranched alkanes of at least 4 members (excludes halogenated alkanes) is 2. The molecule has 4 nitrogen and oxygen atoms in total. The Bertz CT molecular complexity index is 814. The SMILES string of the molecule is CCCCCC(=O)N(CCc1ccc(OC)c(OC)c1)C/C(C)=C/c1ccccc1. The van der Waals surface area contributed by atoms with E-state index in [0.717, 1.165) is 48.3 Å². The number of amides is 1. The molecule has 0 saturated heterocycles. The quantitative estimate of drug-likeness (QED) is 0.418. The van der Waals surface area contributed by atoms with Gasteiger partial charge in [-0.25, -0.2) is 0 Å². The fraction of sp³-hybridized carbons (Fsp3) is 0.423. The van der Waals surface area contributed by atoms with E-state index in [9.17, 15) is 4.79 Å². The molecule has 0 fully saturated rings. The van der Waals surface area contributed by atoms with Crippen LogP contribution in [0.25, 0.3) is 6.08 Å². The third-order valence-corrected chi connectivity index (χ3v) is 5.12. The number of carbonyl (C=O) groups is 1. The van der Waals surface area contributed by atoms with Gasteiger partial charge in [0.05, 0.1) is 14.2 Å². The van der Waals surface area contributed by atoms with Crippen LogP contribution in [0.15, 0.2) is 54.1 Å². The second-order valence-electron chi connectivity index (χ2n) is 7.61. The first kappa shape index (κ1) is 23.5. The second kappa shape index (κ2) is 12.7. The summed E-state index contributed by atoms with van der Waals surface area (Å²) in [6, 6.07) is 16.2. The van der Waals surface area contributed by atoms with Crippen molar-refractivity contribution in [3.05, 3.63) is 65.2 Å². The highest BCUT2D eigenvalue weighted by Crippen LogP contribution is 2.27. The number of carbonyl (C=O) groups excluding carboxylic acids is 1. The summed E-state index contributed by atoms with van der Waals surface area (Å²) in [5.74, 6) is 1.66. The summed E-state index contributed by atoms with van der Waals surface area (Å²) in [6.45, 7) is 5.58. The number of hydrogen-bond donors (Lipinski definition) is 0. The van der Waals surface area contributed by atoms with Crippen LogP contribution in [0.5, 0.6) is 11.5 Å². The van der Waals surface area contributed by atoms with Gasteiger partial charge in [-0.05, 0) is 43.0 Å². The zero-order valence-electron chi connectivity index (χ0n) is 18.8. The van der Waals surface area contributed by atoms with Crippen LogP contribution in [-0.4, -0.2) is 38.1 Å². The molecule has 2 aromatic rings. The van der Waals surface area contributed by atoms with Crippen LogP contribution in [0.1, 0.15) is 50.7 Å². The molecule has 0 heterocycles. The van der Waals surface area contributed by atoms with Crippen LogP contribution in [0.3, 0.4) is 0 Å². The lowest BCUT2D eigenvalue weighted by Crippen LogP contribution is -2.34. The standard InChI is InChI=1S/C26H35NO3/c1-5-6-8-13-26(28)27(20-21(2)18-22-11-9-7-10-12-22)17-16-23-14-15-24(29-3)25(19-23)30-4/h7,9-12,14-15,18-19H,5-6,8,13,16-17,20H2,1-4H3/b21-18+. The number of benzene rings is 2. The summed E-state index contributed by atoms with van der Waals surface area (Å²) in [4.78, 5) is 14.9. The van der Waals surface area contributed by atoms with E-state index in [2.05, 4.69) is 32.1 Å². The van der Waals surface area contributed by atoms with E-state index in [4.69, 9.17) is 9.47 Å². The Hall–Kier alpha value is -2.75. The molecule has 30 heavy (non-hydrogen) atoms. The Morgan fingerprint density at radius 3 is 2.40 bits per heavy atom. The molecule has 0 N–H and O–H groups in total. The summed E-state index contributed by atoms with van der Waals surface area (Å²) < 4.78 is 10.7. The van der Waals surface area contributed by atoms with Gasteiger partial charge in [-0.1, -0.05) is 67.8 Å². The molecule has 0 radical (unpaired) electrons. The van der Waals surface area contributed by atoms with Crippen molar-refractivity contribution in [2.75, 3.05) is 27.3 Å². The lowest BCUT2D eigenvalue weighted by Gasteiger charge is -2.24. The van der Waals surface area contributed by atoms with Gasteiger partial charge in [-0.2, -0.15) is 0 Å². The van der Waals surface area contributed by atoms with Crippen molar-refractivity contribution in [1.29, 1.82) is 0 Å². The molecular formula is C26H35NO3. The Balaban J connectivity index is 2.09. The number of methoxy groups -OCH3 is 2. The maximum absolute atomic E-state index is 12.9. The van der Waals surface area contributed by atoms with Gasteiger partial charge in [0.25, 0.3) is 0 Å². The van der Waals surface area contributed by atoms with Crippen molar-refractivity contribution >= 4 is 12.0 Å². The van der Waals surface area contributed by atoms with Crippen molar-refractivity contribution in [3.63, 3.8) is 0 Å². The fourth-order valence-electron chi connectivity index (χ4n) is 3.46. The molecule has 4 heteroatoms. The number of hydrogen-bond acceptors (Lipinski definition) is 3. The number of ether oxygens (including phenoxy) is 2. The van der Waals surface area contributed by atoms with Crippen molar-refractivity contribution in [2.24, 2.45) is 0 Å². The smallest absolute Gasteiger partial charge is 0.222 e. The predicted octanol–water partition coefficient (Wildman–Crippen LogP) is 5.76. The molecule has 0 aliphatic heterocycles. The van der Waals surface area contributed by atoms with Gasteiger partial charge in [0.15, 0.2) is 11.5 Å². The van der Waals surface area contributed by atoms with Gasteiger partial charge < -0.3 is 14.4 Å². The van der Waals surface area contributed by atoms with E-state index in [1.54, 1.807) is 14.2 Å². The third-order valence-electron chi connectivity index (χ3n) is 5.12. The van der Waals surface area contributed by atoms with Crippen molar-refractivity contribution in [2.45, 2.75) is 46.0 Å². The molecule has 0 aliphatic carbocycles. The lowest BCUT2D eigenvalue weighted by atomic mass is 10.1. The van der Waals surface area contributed by atoms with Crippen LogP contribution in [0.4, 0.5) is 0 Å². The van der Waals surface area contributed by atoms with Crippen molar-refractivity contribution < 1.29 is 14.3 Å². The minimum atomic E-state index is 0.227. The topological polar surface area (TPSA) is 38.8 Å². The summed E-state index contributed by atoms with van der Waals surface area (Å²) in [7, 11) is 3.28. The summed E-state index contributed by atoms with van der Waals surface area (Å²) >= 11 is 0. The largest absolute Gasteiger partial charge is 0.493 e. The van der Waals surface area contributed by atoms with E-state index < -0.39 is 0 Å². The molecule has 1 amide bonds. The minimum Gasteiger partial charge on any atom is -0.493 e. The first-order valence-corrected chi connectivity index (χ1v) is 10.8. The Morgan fingerprint density at radius 2 is 1.73 bits per heavy atom. The Morgan fingerprint density at radius 1 is 1.00 bits per heavy atom. The average molecular weight is 410 g/mol. The molecular weight excluding hydrogens is 374 g/mol. The highest BCUT2D eigenvalue weighted by molar-refractivity contribution is 5.76. The molecule has 0 saturated carbocycles. The highest BCUT2D eigenvalue weighted by atomic mass is 16.5. The summed E-state index contributed by atoms with van der Waals surface area (Å²) in [5.41, 5.74) is 3.47. The molecule has 2 rings (SSSR count). The van der Waals surface area contributed by atoms with E-state index in [1.807, 2.05) is 41.3 Å². The molecule has 2 aromatic carbocycles. The molecule has 0 unspecified atom stereocenters. The zero-order chi connectivity index (χ0) is 21.8. The van der Waals surface area contributed by atoms with Gasteiger partial charge in [-0.3, -0.25) is 4.79 Å². The number of rotatable bonds is 12. The Kier molecular flexibility index (Phi) is 9.99. The van der Waals surface area contributed by atoms with Crippen molar-refractivity contribution in [3.8, 4) is 11.5 Å². The van der Waals surface area contributed by atoms with Crippen molar-refractivity contribution in [1.82, 2.24) is 4.90 Å². The Labute approximate surface area is 181 Å².